The van der Waals surface area contributed by atoms with Crippen molar-refractivity contribution in [2.24, 2.45) is 17.6 Å². The minimum atomic E-state index is 0.183. The Morgan fingerprint density at radius 2 is 2.00 bits per heavy atom. The van der Waals surface area contributed by atoms with Crippen LogP contribution in [0.2, 0.25) is 0 Å². The maximum atomic E-state index is 7.95. The average Bonchev–Trinajstić information content (AvgIpc) is 2.37. The third-order valence-corrected chi connectivity index (χ3v) is 4.72. The number of nitrogen functional groups attached to an aromatic ring is 1. The van der Waals surface area contributed by atoms with Crippen LogP contribution in [0.25, 0.3) is 0 Å². The lowest BCUT2D eigenvalue weighted by atomic mass is 9.91. The van der Waals surface area contributed by atoms with Crippen LogP contribution in [-0.4, -0.2) is 24.7 Å². The van der Waals surface area contributed by atoms with E-state index >= 15 is 0 Å². The smallest absolute Gasteiger partial charge is 0.126 e. The average molecular weight is 291 g/mol. The molecule has 20 heavy (non-hydrogen) atoms. The number of nitrogens with two attached hydrogens (primary N) is 1. The van der Waals surface area contributed by atoms with Crippen molar-refractivity contribution >= 4 is 23.3 Å². The quantitative estimate of drug-likeness (QED) is 0.506. The number of nitrogens with one attached hydrogen (secondary N) is 1. The highest BCUT2D eigenvalue weighted by molar-refractivity contribution is 7.99. The van der Waals surface area contributed by atoms with E-state index in [2.05, 4.69) is 43.9 Å². The molecule has 1 aromatic rings. The highest BCUT2D eigenvalue weighted by atomic mass is 32.2. The summed E-state index contributed by atoms with van der Waals surface area (Å²) in [6.45, 7) is 8.86. The molecule has 0 spiro atoms. The van der Waals surface area contributed by atoms with Gasteiger partial charge in [0.05, 0.1) is 5.56 Å². The minimum absolute atomic E-state index is 0.183. The van der Waals surface area contributed by atoms with Crippen molar-refractivity contribution in [3.63, 3.8) is 0 Å². The summed E-state index contributed by atoms with van der Waals surface area (Å²) in [5, 5.41) is 7.95. The van der Waals surface area contributed by atoms with Gasteiger partial charge in [0.1, 0.15) is 5.84 Å². The zero-order valence-electron chi connectivity index (χ0n) is 12.6. The first-order valence-corrected chi connectivity index (χ1v) is 8.36. The highest BCUT2D eigenvalue weighted by Gasteiger charge is 2.25. The van der Waals surface area contributed by atoms with Gasteiger partial charge < -0.3 is 10.6 Å². The summed E-state index contributed by atoms with van der Waals surface area (Å²) < 4.78 is 0. The third-order valence-electron chi connectivity index (χ3n) is 3.78. The maximum Gasteiger partial charge on any atom is 0.126 e. The second-order valence-corrected chi connectivity index (χ2v) is 7.15. The highest BCUT2D eigenvalue weighted by Crippen LogP contribution is 2.33. The van der Waals surface area contributed by atoms with E-state index in [-0.39, 0.29) is 5.84 Å². The molecule has 1 fully saturated rings. The van der Waals surface area contributed by atoms with Gasteiger partial charge in [-0.15, -0.1) is 11.8 Å². The van der Waals surface area contributed by atoms with Gasteiger partial charge in [-0.1, -0.05) is 26.8 Å². The van der Waals surface area contributed by atoms with E-state index in [1.807, 2.05) is 0 Å². The molecule has 1 aliphatic heterocycles. The monoisotopic (exact) mass is 291 g/mol. The van der Waals surface area contributed by atoms with Crippen molar-refractivity contribution in [2.45, 2.75) is 32.1 Å². The van der Waals surface area contributed by atoms with E-state index < -0.39 is 0 Å². The second kappa shape index (κ2) is 6.53. The van der Waals surface area contributed by atoms with Gasteiger partial charge in [-0.2, -0.15) is 0 Å². The summed E-state index contributed by atoms with van der Waals surface area (Å²) in [4.78, 5) is 3.54. The van der Waals surface area contributed by atoms with Gasteiger partial charge in [0.25, 0.3) is 0 Å². The topological polar surface area (TPSA) is 53.1 Å². The Balaban J connectivity index is 2.39. The van der Waals surface area contributed by atoms with Crippen LogP contribution in [0.4, 0.5) is 5.69 Å². The van der Waals surface area contributed by atoms with E-state index in [0.29, 0.717) is 11.8 Å². The normalized spacial score (nSPS) is 22.9. The number of rotatable bonds is 4. The Labute approximate surface area is 126 Å². The zero-order valence-corrected chi connectivity index (χ0v) is 13.5. The van der Waals surface area contributed by atoms with Gasteiger partial charge >= 0.3 is 0 Å². The van der Waals surface area contributed by atoms with Gasteiger partial charge in [-0.3, -0.25) is 5.41 Å². The first kappa shape index (κ1) is 15.2. The molecule has 3 nitrogen and oxygen atoms in total. The molecule has 0 amide bonds. The van der Waals surface area contributed by atoms with E-state index in [0.717, 1.165) is 35.0 Å². The van der Waals surface area contributed by atoms with Gasteiger partial charge in [0.2, 0.25) is 0 Å². The Morgan fingerprint density at radius 3 is 2.55 bits per heavy atom. The molecule has 1 aliphatic rings. The van der Waals surface area contributed by atoms with E-state index in [9.17, 15) is 0 Å². The molecule has 2 rings (SSSR count). The third kappa shape index (κ3) is 3.29. The Hall–Kier alpha value is -1.16. The van der Waals surface area contributed by atoms with Gasteiger partial charge in [-0.25, -0.2) is 0 Å². The van der Waals surface area contributed by atoms with Crippen LogP contribution >= 0.6 is 11.8 Å². The van der Waals surface area contributed by atoms with Crippen molar-refractivity contribution in [1.82, 2.24) is 0 Å². The zero-order chi connectivity index (χ0) is 14.7. The number of piperidine rings is 1. The second-order valence-electron chi connectivity index (χ2n) is 5.85. The molecule has 1 heterocycles. The molecule has 0 aromatic heterocycles. The SMILES string of the molecule is CCSc1cccc(N2CC(C)CC(C)C2)c1C(=N)N. The number of benzene rings is 1. The summed E-state index contributed by atoms with van der Waals surface area (Å²) in [5.74, 6) is 2.57. The minimum Gasteiger partial charge on any atom is -0.384 e. The maximum absolute atomic E-state index is 7.95. The molecule has 0 radical (unpaired) electrons. The summed E-state index contributed by atoms with van der Waals surface area (Å²) >= 11 is 1.76. The number of hydrogen-bond donors (Lipinski definition) is 2. The number of hydrogen-bond acceptors (Lipinski definition) is 3. The van der Waals surface area contributed by atoms with Gasteiger partial charge in [0.15, 0.2) is 0 Å². The lowest BCUT2D eigenvalue weighted by Crippen LogP contribution is -2.39. The van der Waals surface area contributed by atoms with Crippen molar-refractivity contribution in [2.75, 3.05) is 23.7 Å². The standard InChI is InChI=1S/C16H25N3S/c1-4-20-14-7-5-6-13(15(14)16(17)18)19-9-11(2)8-12(3)10-19/h5-7,11-12H,4,8-10H2,1-3H3,(H3,17,18). The number of nitrogens with zero attached hydrogens (tertiary/aromatic N) is 1. The molecule has 3 N–H and O–H groups in total. The predicted octanol–water partition coefficient (Wildman–Crippen LogP) is 3.56. The summed E-state index contributed by atoms with van der Waals surface area (Å²) in [6.07, 6.45) is 1.29. The van der Waals surface area contributed by atoms with Crippen LogP contribution in [0.3, 0.4) is 0 Å². The fourth-order valence-electron chi connectivity index (χ4n) is 3.19. The Bertz CT molecular complexity index is 477. The molecular formula is C16H25N3S. The molecule has 2 atom stereocenters. The predicted molar refractivity (Wildman–Crippen MR) is 89.0 cm³/mol. The molecule has 1 saturated heterocycles. The molecule has 0 aliphatic carbocycles. The molecule has 1 aromatic carbocycles. The summed E-state index contributed by atoms with van der Waals surface area (Å²) in [5.41, 5.74) is 7.92. The largest absolute Gasteiger partial charge is 0.384 e. The van der Waals surface area contributed by atoms with Crippen molar-refractivity contribution in [3.05, 3.63) is 23.8 Å². The van der Waals surface area contributed by atoms with Crippen molar-refractivity contribution in [1.29, 1.82) is 5.41 Å². The fraction of sp³-hybridized carbons (Fsp3) is 0.562. The number of anilines is 1. The summed E-state index contributed by atoms with van der Waals surface area (Å²) in [7, 11) is 0. The van der Waals surface area contributed by atoms with Crippen molar-refractivity contribution in [3.8, 4) is 0 Å². The molecular weight excluding hydrogens is 266 g/mol. The van der Waals surface area contributed by atoms with Crippen LogP contribution in [0, 0.1) is 17.2 Å². The van der Waals surface area contributed by atoms with Gasteiger partial charge in [0, 0.05) is 23.7 Å². The Morgan fingerprint density at radius 1 is 1.35 bits per heavy atom. The van der Waals surface area contributed by atoms with E-state index in [1.54, 1.807) is 11.8 Å². The first-order valence-electron chi connectivity index (χ1n) is 7.38. The Kier molecular flexibility index (Phi) is 4.97. The fourth-order valence-corrected chi connectivity index (χ4v) is 4.03. The molecule has 2 unspecified atom stereocenters. The van der Waals surface area contributed by atoms with Crippen LogP contribution in [0.5, 0.6) is 0 Å². The van der Waals surface area contributed by atoms with Gasteiger partial charge in [-0.05, 0) is 36.1 Å². The van der Waals surface area contributed by atoms with Crippen LogP contribution in [0.1, 0.15) is 32.8 Å². The van der Waals surface area contributed by atoms with E-state index in [4.69, 9.17) is 11.1 Å². The first-order chi connectivity index (χ1) is 9.52. The molecule has 110 valence electrons. The number of amidine groups is 1. The van der Waals surface area contributed by atoms with Crippen LogP contribution in [-0.2, 0) is 0 Å². The molecule has 0 saturated carbocycles. The number of thioether (sulfide) groups is 1. The van der Waals surface area contributed by atoms with Crippen LogP contribution in [0.15, 0.2) is 23.1 Å². The summed E-state index contributed by atoms with van der Waals surface area (Å²) in [6, 6.07) is 6.27. The van der Waals surface area contributed by atoms with Crippen molar-refractivity contribution < 1.29 is 0 Å². The lowest BCUT2D eigenvalue weighted by molar-refractivity contribution is 0.356. The molecule has 0 bridgehead atoms. The van der Waals surface area contributed by atoms with E-state index in [1.165, 1.54) is 6.42 Å². The molecule has 4 heteroatoms. The lowest BCUT2D eigenvalue weighted by Gasteiger charge is -2.37. The van der Waals surface area contributed by atoms with Crippen LogP contribution < -0.4 is 10.6 Å².